The standard InChI is InChI=1S/C16H21ClN2O/c1-11(12-3-2-4-13(17)9-12)16(20)19-8-7-14-5-6-15(10-19)18-14/h2-4,9,11,14-15,18H,5-8,10H2,1H3. The number of carbonyl (C=O) groups is 1. The van der Waals surface area contributed by atoms with Crippen molar-refractivity contribution in [3.05, 3.63) is 34.9 Å². The summed E-state index contributed by atoms with van der Waals surface area (Å²) in [5.74, 6) is 0.104. The van der Waals surface area contributed by atoms with Crippen molar-refractivity contribution >= 4 is 17.5 Å². The van der Waals surface area contributed by atoms with E-state index in [4.69, 9.17) is 11.6 Å². The SMILES string of the molecule is CC(C(=O)N1CCC2CCC(C1)N2)c1cccc(Cl)c1. The zero-order valence-electron chi connectivity index (χ0n) is 11.8. The van der Waals surface area contributed by atoms with Crippen molar-refractivity contribution in [3.8, 4) is 0 Å². The highest BCUT2D eigenvalue weighted by Gasteiger charge is 2.32. The number of hydrogen-bond donors (Lipinski definition) is 1. The van der Waals surface area contributed by atoms with E-state index in [1.165, 1.54) is 12.8 Å². The van der Waals surface area contributed by atoms with Crippen LogP contribution in [0.4, 0.5) is 0 Å². The van der Waals surface area contributed by atoms with Crippen molar-refractivity contribution in [2.75, 3.05) is 13.1 Å². The maximum Gasteiger partial charge on any atom is 0.229 e. The maximum atomic E-state index is 12.7. The molecule has 1 N–H and O–H groups in total. The molecular weight excluding hydrogens is 272 g/mol. The highest BCUT2D eigenvalue weighted by molar-refractivity contribution is 6.30. The average Bonchev–Trinajstić information content (AvgIpc) is 2.77. The van der Waals surface area contributed by atoms with Crippen LogP contribution in [-0.2, 0) is 4.79 Å². The molecule has 1 aromatic rings. The number of amides is 1. The topological polar surface area (TPSA) is 32.3 Å². The minimum atomic E-state index is -0.120. The molecule has 108 valence electrons. The number of hydrogen-bond acceptors (Lipinski definition) is 2. The highest BCUT2D eigenvalue weighted by Crippen LogP contribution is 2.25. The van der Waals surface area contributed by atoms with E-state index in [0.29, 0.717) is 17.1 Å². The van der Waals surface area contributed by atoms with Gasteiger partial charge in [0.1, 0.15) is 0 Å². The first-order valence-electron chi connectivity index (χ1n) is 7.44. The van der Waals surface area contributed by atoms with Crippen molar-refractivity contribution in [2.24, 2.45) is 0 Å². The summed E-state index contributed by atoms with van der Waals surface area (Å²) in [6.45, 7) is 3.70. The number of rotatable bonds is 2. The normalized spacial score (nSPS) is 27.2. The van der Waals surface area contributed by atoms with Crippen LogP contribution in [0.15, 0.2) is 24.3 Å². The van der Waals surface area contributed by atoms with E-state index in [0.717, 1.165) is 25.1 Å². The Kier molecular flexibility index (Phi) is 3.99. The molecule has 3 unspecified atom stereocenters. The molecule has 1 amide bonds. The van der Waals surface area contributed by atoms with Gasteiger partial charge in [0.05, 0.1) is 5.92 Å². The largest absolute Gasteiger partial charge is 0.341 e. The molecule has 3 nitrogen and oxygen atoms in total. The molecule has 2 heterocycles. The van der Waals surface area contributed by atoms with Crippen molar-refractivity contribution in [2.45, 2.75) is 44.2 Å². The van der Waals surface area contributed by atoms with E-state index in [2.05, 4.69) is 5.32 Å². The van der Waals surface area contributed by atoms with Gasteiger partial charge in [0.2, 0.25) is 5.91 Å². The number of carbonyl (C=O) groups excluding carboxylic acids is 1. The Bertz CT molecular complexity index is 505. The molecule has 0 aromatic heterocycles. The van der Waals surface area contributed by atoms with Crippen LogP contribution in [0.3, 0.4) is 0 Å². The van der Waals surface area contributed by atoms with Gasteiger partial charge in [-0.05, 0) is 43.9 Å². The van der Waals surface area contributed by atoms with Crippen LogP contribution >= 0.6 is 11.6 Å². The lowest BCUT2D eigenvalue weighted by atomic mass is 9.98. The third-order valence-corrected chi connectivity index (χ3v) is 4.79. The summed E-state index contributed by atoms with van der Waals surface area (Å²) in [5, 5.41) is 4.30. The molecular formula is C16H21ClN2O. The second-order valence-electron chi connectivity index (χ2n) is 5.99. The van der Waals surface area contributed by atoms with Gasteiger partial charge in [0.25, 0.3) is 0 Å². The molecule has 2 saturated heterocycles. The first-order valence-corrected chi connectivity index (χ1v) is 7.81. The Balaban J connectivity index is 1.71. The van der Waals surface area contributed by atoms with E-state index in [9.17, 15) is 4.79 Å². The molecule has 2 aliphatic rings. The molecule has 2 bridgehead atoms. The van der Waals surface area contributed by atoms with Gasteiger partial charge in [-0.2, -0.15) is 0 Å². The minimum absolute atomic E-state index is 0.120. The number of likely N-dealkylation sites (tertiary alicyclic amines) is 1. The zero-order valence-corrected chi connectivity index (χ0v) is 12.6. The second-order valence-corrected chi connectivity index (χ2v) is 6.42. The zero-order chi connectivity index (χ0) is 14.1. The number of nitrogens with zero attached hydrogens (tertiary/aromatic N) is 1. The van der Waals surface area contributed by atoms with Gasteiger partial charge in [0, 0.05) is 30.2 Å². The monoisotopic (exact) mass is 292 g/mol. The summed E-state index contributed by atoms with van der Waals surface area (Å²) in [6, 6.07) is 8.73. The molecule has 2 fully saturated rings. The lowest BCUT2D eigenvalue weighted by Crippen LogP contribution is -2.40. The van der Waals surface area contributed by atoms with Crippen LogP contribution in [0.2, 0.25) is 5.02 Å². The van der Waals surface area contributed by atoms with Crippen molar-refractivity contribution in [3.63, 3.8) is 0 Å². The van der Waals surface area contributed by atoms with E-state index in [-0.39, 0.29) is 11.8 Å². The maximum absolute atomic E-state index is 12.7. The van der Waals surface area contributed by atoms with E-state index in [1.807, 2.05) is 36.1 Å². The minimum Gasteiger partial charge on any atom is -0.341 e. The number of fused-ring (bicyclic) bond motifs is 2. The Morgan fingerprint density at radius 3 is 2.95 bits per heavy atom. The van der Waals surface area contributed by atoms with Gasteiger partial charge in [-0.15, -0.1) is 0 Å². The Morgan fingerprint density at radius 1 is 1.35 bits per heavy atom. The molecule has 0 radical (unpaired) electrons. The molecule has 0 aliphatic carbocycles. The van der Waals surface area contributed by atoms with Gasteiger partial charge < -0.3 is 10.2 Å². The van der Waals surface area contributed by atoms with Crippen molar-refractivity contribution < 1.29 is 4.79 Å². The summed E-state index contributed by atoms with van der Waals surface area (Å²) >= 11 is 6.02. The van der Waals surface area contributed by atoms with E-state index in [1.54, 1.807) is 0 Å². The van der Waals surface area contributed by atoms with Gasteiger partial charge >= 0.3 is 0 Å². The first-order chi connectivity index (χ1) is 9.63. The predicted octanol–water partition coefficient (Wildman–Crippen LogP) is 2.80. The van der Waals surface area contributed by atoms with Crippen LogP contribution in [0.25, 0.3) is 0 Å². The summed E-state index contributed by atoms with van der Waals surface area (Å²) in [6.07, 6.45) is 3.53. The van der Waals surface area contributed by atoms with Crippen LogP contribution in [-0.4, -0.2) is 36.0 Å². The molecule has 3 rings (SSSR count). The van der Waals surface area contributed by atoms with Gasteiger partial charge in [-0.1, -0.05) is 23.7 Å². The third-order valence-electron chi connectivity index (χ3n) is 4.55. The van der Waals surface area contributed by atoms with Gasteiger partial charge in [0.15, 0.2) is 0 Å². The summed E-state index contributed by atoms with van der Waals surface area (Å²) in [5.41, 5.74) is 1.00. The lowest BCUT2D eigenvalue weighted by molar-refractivity contribution is -0.132. The molecule has 0 saturated carbocycles. The summed E-state index contributed by atoms with van der Waals surface area (Å²) in [7, 11) is 0. The molecule has 0 spiro atoms. The third kappa shape index (κ3) is 2.84. The molecule has 1 aromatic carbocycles. The van der Waals surface area contributed by atoms with Crippen molar-refractivity contribution in [1.29, 1.82) is 0 Å². The van der Waals surface area contributed by atoms with Crippen LogP contribution in [0.1, 0.15) is 37.7 Å². The Labute approximate surface area is 125 Å². The predicted molar refractivity (Wildman–Crippen MR) is 81.0 cm³/mol. The van der Waals surface area contributed by atoms with Crippen LogP contribution < -0.4 is 5.32 Å². The molecule has 20 heavy (non-hydrogen) atoms. The smallest absolute Gasteiger partial charge is 0.229 e. The average molecular weight is 293 g/mol. The molecule has 3 atom stereocenters. The summed E-state index contributed by atoms with van der Waals surface area (Å²) in [4.78, 5) is 14.7. The second kappa shape index (κ2) is 5.74. The number of nitrogens with one attached hydrogen (secondary N) is 1. The Hall–Kier alpha value is -1.06. The van der Waals surface area contributed by atoms with Crippen molar-refractivity contribution in [1.82, 2.24) is 10.2 Å². The summed E-state index contributed by atoms with van der Waals surface area (Å²) < 4.78 is 0. The number of halogens is 1. The molecule has 4 heteroatoms. The van der Waals surface area contributed by atoms with E-state index < -0.39 is 0 Å². The van der Waals surface area contributed by atoms with Crippen LogP contribution in [0, 0.1) is 0 Å². The van der Waals surface area contributed by atoms with Gasteiger partial charge in [-0.3, -0.25) is 4.79 Å². The quantitative estimate of drug-likeness (QED) is 0.909. The van der Waals surface area contributed by atoms with Gasteiger partial charge in [-0.25, -0.2) is 0 Å². The fourth-order valence-corrected chi connectivity index (χ4v) is 3.53. The number of benzene rings is 1. The van der Waals surface area contributed by atoms with E-state index >= 15 is 0 Å². The molecule has 2 aliphatic heterocycles. The first kappa shape index (κ1) is 13.9. The lowest BCUT2D eigenvalue weighted by Gasteiger charge is -2.27. The highest BCUT2D eigenvalue weighted by atomic mass is 35.5. The van der Waals surface area contributed by atoms with Crippen LogP contribution in [0.5, 0.6) is 0 Å². The Morgan fingerprint density at radius 2 is 2.15 bits per heavy atom. The fraction of sp³-hybridized carbons (Fsp3) is 0.562. The fourth-order valence-electron chi connectivity index (χ4n) is 3.34.